The van der Waals surface area contributed by atoms with Crippen molar-refractivity contribution < 1.29 is 22.1 Å². The Bertz CT molecular complexity index is 412. The van der Waals surface area contributed by atoms with Gasteiger partial charge in [0.2, 0.25) is 0 Å². The number of carbonyl (C=O) groups excluding carboxylic acids is 1. The lowest BCUT2D eigenvalue weighted by Crippen LogP contribution is -2.48. The van der Waals surface area contributed by atoms with Crippen LogP contribution in [0.2, 0.25) is 0 Å². The number of carbonyl (C=O) groups is 1. The highest BCUT2D eigenvalue weighted by Gasteiger charge is 2.31. The molecule has 7 heteroatoms. The van der Waals surface area contributed by atoms with Crippen LogP contribution in [0.25, 0.3) is 0 Å². The predicted molar refractivity (Wildman–Crippen MR) is 71.3 cm³/mol. The lowest BCUT2D eigenvalue weighted by Gasteiger charge is -2.31. The van der Waals surface area contributed by atoms with E-state index in [4.69, 9.17) is 8.92 Å². The first-order valence-corrected chi connectivity index (χ1v) is 8.26. The summed E-state index contributed by atoms with van der Waals surface area (Å²) in [7, 11) is -3.52. The molecular weight excluding hydrogens is 270 g/mol. The summed E-state index contributed by atoms with van der Waals surface area (Å²) in [5.74, 6) is 0. The van der Waals surface area contributed by atoms with Crippen LogP contribution in [0.3, 0.4) is 0 Å². The van der Waals surface area contributed by atoms with Gasteiger partial charge in [-0.05, 0) is 33.6 Å². The Morgan fingerprint density at radius 1 is 1.21 bits per heavy atom. The van der Waals surface area contributed by atoms with Crippen molar-refractivity contribution in [3.63, 3.8) is 0 Å². The SMILES string of the molecule is CC(C)(C)OC(=O)N[C@@H]1CCCC[C@H]1OS(C)(=O)=O. The van der Waals surface area contributed by atoms with Gasteiger partial charge in [0.15, 0.2) is 0 Å². The second kappa shape index (κ2) is 6.09. The summed E-state index contributed by atoms with van der Waals surface area (Å²) in [4.78, 5) is 11.7. The monoisotopic (exact) mass is 293 g/mol. The van der Waals surface area contributed by atoms with Crippen LogP contribution in [0.1, 0.15) is 46.5 Å². The van der Waals surface area contributed by atoms with E-state index in [9.17, 15) is 13.2 Å². The van der Waals surface area contributed by atoms with Crippen LogP contribution < -0.4 is 5.32 Å². The first kappa shape index (κ1) is 16.2. The molecule has 0 aliphatic heterocycles. The fourth-order valence-corrected chi connectivity index (χ4v) is 2.74. The average molecular weight is 293 g/mol. The fourth-order valence-electron chi connectivity index (χ4n) is 2.06. The van der Waals surface area contributed by atoms with Crippen molar-refractivity contribution in [3.05, 3.63) is 0 Å². The highest BCUT2D eigenvalue weighted by Crippen LogP contribution is 2.23. The molecule has 0 heterocycles. The van der Waals surface area contributed by atoms with Gasteiger partial charge in [-0.25, -0.2) is 4.79 Å². The molecule has 0 aromatic heterocycles. The van der Waals surface area contributed by atoms with E-state index in [1.54, 1.807) is 20.8 Å². The lowest BCUT2D eigenvalue weighted by molar-refractivity contribution is 0.0408. The third-order valence-electron chi connectivity index (χ3n) is 2.70. The summed E-state index contributed by atoms with van der Waals surface area (Å²) < 4.78 is 32.6. The number of hydrogen-bond donors (Lipinski definition) is 1. The molecule has 112 valence electrons. The fraction of sp³-hybridized carbons (Fsp3) is 0.917. The van der Waals surface area contributed by atoms with E-state index in [1.165, 1.54) is 0 Å². The van der Waals surface area contributed by atoms with Crippen LogP contribution in [0.15, 0.2) is 0 Å². The van der Waals surface area contributed by atoms with E-state index in [-0.39, 0.29) is 6.04 Å². The third kappa shape index (κ3) is 6.77. The van der Waals surface area contributed by atoms with Crippen molar-refractivity contribution in [1.29, 1.82) is 0 Å². The molecular formula is C12H23NO5S. The molecule has 1 rings (SSSR count). The quantitative estimate of drug-likeness (QED) is 0.802. The van der Waals surface area contributed by atoms with Gasteiger partial charge in [0, 0.05) is 0 Å². The van der Waals surface area contributed by atoms with Gasteiger partial charge in [-0.1, -0.05) is 12.8 Å². The van der Waals surface area contributed by atoms with Crippen molar-refractivity contribution in [3.8, 4) is 0 Å². The van der Waals surface area contributed by atoms with E-state index in [2.05, 4.69) is 5.32 Å². The molecule has 6 nitrogen and oxygen atoms in total. The molecule has 0 spiro atoms. The van der Waals surface area contributed by atoms with E-state index >= 15 is 0 Å². The third-order valence-corrected chi connectivity index (χ3v) is 3.30. The number of amides is 1. The van der Waals surface area contributed by atoms with Gasteiger partial charge < -0.3 is 10.1 Å². The summed E-state index contributed by atoms with van der Waals surface area (Å²) in [6.45, 7) is 5.33. The highest BCUT2D eigenvalue weighted by molar-refractivity contribution is 7.86. The highest BCUT2D eigenvalue weighted by atomic mass is 32.2. The van der Waals surface area contributed by atoms with Crippen LogP contribution in [0.4, 0.5) is 4.79 Å². The molecule has 19 heavy (non-hydrogen) atoms. The standard InChI is InChI=1S/C12H23NO5S/c1-12(2,3)17-11(14)13-9-7-5-6-8-10(9)18-19(4,15)16/h9-10H,5-8H2,1-4H3,(H,13,14)/t9-,10-/m1/s1. The molecule has 1 fully saturated rings. The zero-order valence-corrected chi connectivity index (χ0v) is 12.7. The van der Waals surface area contributed by atoms with Gasteiger partial charge in [-0.3, -0.25) is 4.18 Å². The number of hydrogen-bond acceptors (Lipinski definition) is 5. The van der Waals surface area contributed by atoms with Crippen LogP contribution >= 0.6 is 0 Å². The van der Waals surface area contributed by atoms with Gasteiger partial charge >= 0.3 is 6.09 Å². The first-order valence-electron chi connectivity index (χ1n) is 6.44. The summed E-state index contributed by atoms with van der Waals surface area (Å²) in [6, 6.07) is -0.321. The number of rotatable bonds is 3. The van der Waals surface area contributed by atoms with Gasteiger partial charge in [0.1, 0.15) is 5.60 Å². The van der Waals surface area contributed by atoms with E-state index < -0.39 is 27.9 Å². The zero-order chi connectivity index (χ0) is 14.7. The minimum Gasteiger partial charge on any atom is -0.444 e. The molecule has 0 saturated heterocycles. The predicted octanol–water partition coefficient (Wildman–Crippen LogP) is 1.80. The maximum atomic E-state index is 11.7. The molecule has 2 atom stereocenters. The molecule has 1 aliphatic carbocycles. The van der Waals surface area contributed by atoms with Gasteiger partial charge in [0.05, 0.1) is 18.4 Å². The molecule has 0 aromatic rings. The Kier molecular flexibility index (Phi) is 5.20. The number of nitrogens with one attached hydrogen (secondary N) is 1. The van der Waals surface area contributed by atoms with Crippen LogP contribution in [-0.2, 0) is 19.0 Å². The maximum absolute atomic E-state index is 11.7. The second-order valence-electron chi connectivity index (χ2n) is 5.88. The van der Waals surface area contributed by atoms with Gasteiger partial charge in [-0.15, -0.1) is 0 Å². The number of ether oxygens (including phenoxy) is 1. The summed E-state index contributed by atoms with van der Waals surface area (Å²) >= 11 is 0. The molecule has 1 aliphatic rings. The zero-order valence-electron chi connectivity index (χ0n) is 11.9. The van der Waals surface area contributed by atoms with E-state index in [0.717, 1.165) is 19.1 Å². The Hall–Kier alpha value is -0.820. The van der Waals surface area contributed by atoms with Crippen molar-refractivity contribution >= 4 is 16.2 Å². The molecule has 1 saturated carbocycles. The Morgan fingerprint density at radius 3 is 2.32 bits per heavy atom. The summed E-state index contributed by atoms with van der Waals surface area (Å²) in [5, 5.41) is 2.70. The molecule has 0 aromatic carbocycles. The molecule has 0 radical (unpaired) electrons. The minimum absolute atomic E-state index is 0.321. The van der Waals surface area contributed by atoms with Crippen molar-refractivity contribution in [1.82, 2.24) is 5.32 Å². The smallest absolute Gasteiger partial charge is 0.407 e. The Morgan fingerprint density at radius 2 is 1.79 bits per heavy atom. The first-order chi connectivity index (χ1) is 8.57. The van der Waals surface area contributed by atoms with Crippen LogP contribution in [0, 0.1) is 0 Å². The summed E-state index contributed by atoms with van der Waals surface area (Å²) in [5.41, 5.74) is -0.577. The molecule has 1 amide bonds. The molecule has 1 N–H and O–H groups in total. The van der Waals surface area contributed by atoms with Crippen LogP contribution in [0.5, 0.6) is 0 Å². The summed E-state index contributed by atoms with van der Waals surface area (Å²) in [6.07, 6.45) is 3.12. The van der Waals surface area contributed by atoms with Crippen molar-refractivity contribution in [2.45, 2.75) is 64.2 Å². The van der Waals surface area contributed by atoms with E-state index in [0.29, 0.717) is 12.8 Å². The topological polar surface area (TPSA) is 81.7 Å². The Labute approximate surface area is 115 Å². The lowest BCUT2D eigenvalue weighted by atomic mass is 9.93. The van der Waals surface area contributed by atoms with E-state index in [1.807, 2.05) is 0 Å². The average Bonchev–Trinajstić information content (AvgIpc) is 2.15. The largest absolute Gasteiger partial charge is 0.444 e. The molecule has 0 bridgehead atoms. The second-order valence-corrected chi connectivity index (χ2v) is 7.48. The van der Waals surface area contributed by atoms with Gasteiger partial charge in [-0.2, -0.15) is 8.42 Å². The van der Waals surface area contributed by atoms with Crippen molar-refractivity contribution in [2.75, 3.05) is 6.26 Å². The Balaban J connectivity index is 2.60. The van der Waals surface area contributed by atoms with Crippen molar-refractivity contribution in [2.24, 2.45) is 0 Å². The van der Waals surface area contributed by atoms with Gasteiger partial charge in [0.25, 0.3) is 10.1 Å². The number of alkyl carbamates (subject to hydrolysis) is 1. The van der Waals surface area contributed by atoms with Crippen LogP contribution in [-0.4, -0.2) is 38.5 Å². The molecule has 0 unspecified atom stereocenters. The minimum atomic E-state index is -3.52. The normalized spacial score (nSPS) is 24.8. The maximum Gasteiger partial charge on any atom is 0.407 e.